The molecule has 1 unspecified atom stereocenters. The minimum absolute atomic E-state index is 0.0615. The maximum absolute atomic E-state index is 12.2. The molecule has 1 aromatic carbocycles. The first-order valence-electron chi connectivity index (χ1n) is 9.08. The molecule has 0 saturated heterocycles. The van der Waals surface area contributed by atoms with Crippen LogP contribution in [0.2, 0.25) is 0 Å². The second kappa shape index (κ2) is 8.25. The lowest BCUT2D eigenvalue weighted by molar-refractivity contribution is -0.123. The number of nitrogens with zero attached hydrogens (tertiary/aromatic N) is 2. The fourth-order valence-corrected chi connectivity index (χ4v) is 3.33. The van der Waals surface area contributed by atoms with Crippen LogP contribution in [0.15, 0.2) is 28.8 Å². The van der Waals surface area contributed by atoms with Crippen molar-refractivity contribution in [2.24, 2.45) is 11.7 Å². The molecule has 1 atom stereocenters. The molecule has 1 heterocycles. The first kappa shape index (κ1) is 17.6. The number of amides is 1. The van der Waals surface area contributed by atoms with E-state index in [9.17, 15) is 4.79 Å². The quantitative estimate of drug-likeness (QED) is 0.839. The van der Waals surface area contributed by atoms with Gasteiger partial charge >= 0.3 is 0 Å². The largest absolute Gasteiger partial charge is 0.345 e. The van der Waals surface area contributed by atoms with Crippen LogP contribution in [0, 0.1) is 5.92 Å². The van der Waals surface area contributed by atoms with Crippen LogP contribution in [0.5, 0.6) is 0 Å². The van der Waals surface area contributed by atoms with Crippen LogP contribution in [0.3, 0.4) is 0 Å². The van der Waals surface area contributed by atoms with Crippen molar-refractivity contribution in [3.8, 4) is 11.4 Å². The summed E-state index contributed by atoms with van der Waals surface area (Å²) < 4.78 is 5.33. The predicted octanol–water partition coefficient (Wildman–Crippen LogP) is 3.34. The van der Waals surface area contributed by atoms with Crippen molar-refractivity contribution in [1.82, 2.24) is 15.5 Å². The molecule has 0 bridgehead atoms. The highest BCUT2D eigenvalue weighted by Gasteiger charge is 2.21. The number of hydrogen-bond donors (Lipinski definition) is 2. The molecule has 1 aliphatic carbocycles. The Kier molecular flexibility index (Phi) is 5.81. The summed E-state index contributed by atoms with van der Waals surface area (Å²) >= 11 is 0. The van der Waals surface area contributed by atoms with Crippen molar-refractivity contribution in [3.63, 3.8) is 0 Å². The molecule has 1 fully saturated rings. The van der Waals surface area contributed by atoms with Gasteiger partial charge in [-0.05, 0) is 31.2 Å². The van der Waals surface area contributed by atoms with Crippen molar-refractivity contribution in [1.29, 1.82) is 0 Å². The fourth-order valence-electron chi connectivity index (χ4n) is 3.33. The third kappa shape index (κ3) is 4.66. The summed E-state index contributed by atoms with van der Waals surface area (Å²) in [5, 5.41) is 6.99. The van der Waals surface area contributed by atoms with Crippen molar-refractivity contribution in [2.75, 3.05) is 0 Å². The Morgan fingerprint density at radius 1 is 1.28 bits per heavy atom. The Hall–Kier alpha value is -2.21. The summed E-state index contributed by atoms with van der Waals surface area (Å²) in [5.41, 5.74) is 7.53. The van der Waals surface area contributed by atoms with Crippen LogP contribution in [0.4, 0.5) is 0 Å². The zero-order valence-corrected chi connectivity index (χ0v) is 14.7. The van der Waals surface area contributed by atoms with E-state index in [0.29, 0.717) is 30.6 Å². The van der Waals surface area contributed by atoms with E-state index in [2.05, 4.69) is 15.5 Å². The van der Waals surface area contributed by atoms with Gasteiger partial charge in [0.15, 0.2) is 0 Å². The zero-order valence-electron chi connectivity index (χ0n) is 14.7. The van der Waals surface area contributed by atoms with Gasteiger partial charge in [0.1, 0.15) is 6.04 Å². The van der Waals surface area contributed by atoms with E-state index < -0.39 is 0 Å². The number of rotatable bonds is 6. The minimum Gasteiger partial charge on any atom is -0.345 e. The predicted molar refractivity (Wildman–Crippen MR) is 95.4 cm³/mol. The summed E-state index contributed by atoms with van der Waals surface area (Å²) in [5.74, 6) is 1.52. The zero-order chi connectivity index (χ0) is 17.6. The molecule has 6 heteroatoms. The lowest BCUT2D eigenvalue weighted by Gasteiger charge is -2.21. The fraction of sp³-hybridized carbons (Fsp3) is 0.526. The molecule has 0 spiro atoms. The van der Waals surface area contributed by atoms with Gasteiger partial charge in [-0.3, -0.25) is 4.79 Å². The Balaban J connectivity index is 1.57. The third-order valence-electron chi connectivity index (χ3n) is 4.84. The van der Waals surface area contributed by atoms with E-state index in [1.807, 2.05) is 31.2 Å². The Bertz CT molecular complexity index is 690. The SMILES string of the molecule is CC(NC(=O)CC1CCCCC1)c1nc(-c2ccc(CN)cc2)no1. The molecule has 0 radical (unpaired) electrons. The van der Waals surface area contributed by atoms with Gasteiger partial charge in [0.2, 0.25) is 17.6 Å². The molecule has 1 saturated carbocycles. The normalized spacial score (nSPS) is 16.6. The van der Waals surface area contributed by atoms with Crippen LogP contribution in [-0.4, -0.2) is 16.0 Å². The molecule has 6 nitrogen and oxygen atoms in total. The summed E-state index contributed by atoms with van der Waals surface area (Å²) in [4.78, 5) is 16.6. The highest BCUT2D eigenvalue weighted by atomic mass is 16.5. The Morgan fingerprint density at radius 2 is 2.00 bits per heavy atom. The summed E-state index contributed by atoms with van der Waals surface area (Å²) in [7, 11) is 0. The van der Waals surface area contributed by atoms with E-state index in [-0.39, 0.29) is 11.9 Å². The standard InChI is InChI=1S/C19H26N4O2/c1-13(21-17(24)11-14-5-3-2-4-6-14)19-22-18(23-25-19)16-9-7-15(12-20)8-10-16/h7-10,13-14H,2-6,11-12,20H2,1H3,(H,21,24). The minimum atomic E-state index is -0.291. The molecular formula is C19H26N4O2. The first-order chi connectivity index (χ1) is 12.2. The van der Waals surface area contributed by atoms with Gasteiger partial charge in [-0.1, -0.05) is 48.7 Å². The van der Waals surface area contributed by atoms with Gasteiger partial charge in [0.25, 0.3) is 0 Å². The highest BCUT2D eigenvalue weighted by molar-refractivity contribution is 5.76. The molecule has 3 N–H and O–H groups in total. The number of carbonyl (C=O) groups is 1. The molecule has 1 aromatic heterocycles. The summed E-state index contributed by atoms with van der Waals surface area (Å²) in [6, 6.07) is 7.44. The third-order valence-corrected chi connectivity index (χ3v) is 4.84. The van der Waals surface area contributed by atoms with Crippen molar-refractivity contribution in [3.05, 3.63) is 35.7 Å². The molecule has 1 aliphatic rings. The second-order valence-electron chi connectivity index (χ2n) is 6.85. The Morgan fingerprint density at radius 3 is 2.68 bits per heavy atom. The lowest BCUT2D eigenvalue weighted by Crippen LogP contribution is -2.29. The number of hydrogen-bond acceptors (Lipinski definition) is 5. The topological polar surface area (TPSA) is 94.0 Å². The van der Waals surface area contributed by atoms with E-state index >= 15 is 0 Å². The van der Waals surface area contributed by atoms with E-state index in [1.165, 1.54) is 19.3 Å². The van der Waals surface area contributed by atoms with Gasteiger partial charge in [-0.15, -0.1) is 0 Å². The molecule has 134 valence electrons. The van der Waals surface area contributed by atoms with Gasteiger partial charge < -0.3 is 15.6 Å². The van der Waals surface area contributed by atoms with E-state index in [0.717, 1.165) is 24.0 Å². The van der Waals surface area contributed by atoms with Crippen molar-refractivity contribution >= 4 is 5.91 Å². The summed E-state index contributed by atoms with van der Waals surface area (Å²) in [6.45, 7) is 2.37. The van der Waals surface area contributed by atoms with Crippen LogP contribution in [-0.2, 0) is 11.3 Å². The molecule has 2 aromatic rings. The number of nitrogens with two attached hydrogens (primary N) is 1. The number of benzene rings is 1. The van der Waals surface area contributed by atoms with Gasteiger partial charge in [-0.2, -0.15) is 4.98 Å². The lowest BCUT2D eigenvalue weighted by atomic mass is 9.87. The molecule has 1 amide bonds. The molecular weight excluding hydrogens is 316 g/mol. The first-order valence-corrected chi connectivity index (χ1v) is 9.08. The smallest absolute Gasteiger partial charge is 0.249 e. The second-order valence-corrected chi connectivity index (χ2v) is 6.85. The number of nitrogens with one attached hydrogen (secondary N) is 1. The van der Waals surface area contributed by atoms with Crippen LogP contribution >= 0.6 is 0 Å². The average Bonchev–Trinajstić information content (AvgIpc) is 3.13. The van der Waals surface area contributed by atoms with Gasteiger partial charge in [-0.25, -0.2) is 0 Å². The van der Waals surface area contributed by atoms with Crippen LogP contribution < -0.4 is 11.1 Å². The Labute approximate surface area is 148 Å². The molecule has 25 heavy (non-hydrogen) atoms. The van der Waals surface area contributed by atoms with E-state index in [4.69, 9.17) is 10.3 Å². The van der Waals surface area contributed by atoms with Gasteiger partial charge in [0, 0.05) is 18.5 Å². The number of carbonyl (C=O) groups excluding carboxylic acids is 1. The highest BCUT2D eigenvalue weighted by Crippen LogP contribution is 2.26. The van der Waals surface area contributed by atoms with E-state index in [1.54, 1.807) is 0 Å². The van der Waals surface area contributed by atoms with Crippen LogP contribution in [0.25, 0.3) is 11.4 Å². The average molecular weight is 342 g/mol. The maximum atomic E-state index is 12.2. The molecule has 0 aliphatic heterocycles. The molecule has 3 rings (SSSR count). The summed E-state index contributed by atoms with van der Waals surface area (Å²) in [6.07, 6.45) is 6.68. The van der Waals surface area contributed by atoms with Crippen molar-refractivity contribution < 1.29 is 9.32 Å². The van der Waals surface area contributed by atoms with Gasteiger partial charge in [0.05, 0.1) is 0 Å². The maximum Gasteiger partial charge on any atom is 0.249 e. The number of aromatic nitrogens is 2. The monoisotopic (exact) mass is 342 g/mol. The van der Waals surface area contributed by atoms with Crippen molar-refractivity contribution in [2.45, 2.75) is 58.0 Å². The van der Waals surface area contributed by atoms with Crippen LogP contribution in [0.1, 0.15) is 62.9 Å².